The molecule has 2 aromatic carbocycles. The van der Waals surface area contributed by atoms with Crippen molar-refractivity contribution >= 4 is 13.7 Å². The molecule has 1 unspecified atom stereocenters. The van der Waals surface area contributed by atoms with Gasteiger partial charge in [0, 0.05) is 6.92 Å². The molecule has 0 spiro atoms. The number of hydrogen-bond donors (Lipinski definition) is 0. The standard InChI is InChI=1S/C36H56NO7P/c1-11-30-23-28(16-18-32(30)39-13-3)15-14-22-40-33-19-17-29(24-31(33)12-2)20-21-36(25-41-27(4)37-36)26-42-45(38,43-34(5,6)7)44-35(8,9)10/h16-19,23-24H,11-15,20-22,25-26H2,1-10H3. The van der Waals surface area contributed by atoms with Crippen molar-refractivity contribution in [2.24, 2.45) is 4.99 Å². The Hall–Kier alpha value is -2.38. The molecule has 0 fully saturated rings. The van der Waals surface area contributed by atoms with Crippen molar-refractivity contribution in [2.75, 3.05) is 26.4 Å². The summed E-state index contributed by atoms with van der Waals surface area (Å²) in [5.41, 5.74) is 2.80. The van der Waals surface area contributed by atoms with Gasteiger partial charge >= 0.3 is 7.82 Å². The summed E-state index contributed by atoms with van der Waals surface area (Å²) in [4.78, 5) is 4.80. The average Bonchev–Trinajstić information content (AvgIpc) is 3.33. The molecule has 1 heterocycles. The van der Waals surface area contributed by atoms with Crippen molar-refractivity contribution in [3.63, 3.8) is 0 Å². The van der Waals surface area contributed by atoms with E-state index in [1.807, 2.05) is 55.4 Å². The number of aryl methyl sites for hydroxylation is 4. The Kier molecular flexibility index (Phi) is 13.1. The Balaban J connectivity index is 1.62. The summed E-state index contributed by atoms with van der Waals surface area (Å²) in [7, 11) is -3.88. The minimum atomic E-state index is -3.88. The summed E-state index contributed by atoms with van der Waals surface area (Å²) in [6.07, 6.45) is 5.12. The van der Waals surface area contributed by atoms with Crippen molar-refractivity contribution in [3.8, 4) is 11.5 Å². The zero-order chi connectivity index (χ0) is 33.3. The Morgan fingerprint density at radius 1 is 0.844 bits per heavy atom. The number of benzene rings is 2. The van der Waals surface area contributed by atoms with E-state index in [9.17, 15) is 4.57 Å². The summed E-state index contributed by atoms with van der Waals surface area (Å²) in [6.45, 7) is 20.9. The fourth-order valence-corrected chi connectivity index (χ4v) is 7.14. The van der Waals surface area contributed by atoms with E-state index in [2.05, 4.69) is 50.2 Å². The molecule has 0 aliphatic carbocycles. The van der Waals surface area contributed by atoms with Gasteiger partial charge in [0.15, 0.2) is 5.90 Å². The minimum Gasteiger partial charge on any atom is -0.494 e. The van der Waals surface area contributed by atoms with Gasteiger partial charge in [-0.15, -0.1) is 0 Å². The van der Waals surface area contributed by atoms with Gasteiger partial charge in [0.25, 0.3) is 0 Å². The van der Waals surface area contributed by atoms with Crippen molar-refractivity contribution in [2.45, 2.75) is 125 Å². The van der Waals surface area contributed by atoms with Crippen molar-refractivity contribution in [1.82, 2.24) is 0 Å². The van der Waals surface area contributed by atoms with Crippen LogP contribution in [0, 0.1) is 0 Å². The Labute approximate surface area is 271 Å². The third-order valence-electron chi connectivity index (χ3n) is 7.26. The molecule has 3 rings (SSSR count). The highest BCUT2D eigenvalue weighted by Crippen LogP contribution is 2.56. The second-order valence-electron chi connectivity index (χ2n) is 13.7. The van der Waals surface area contributed by atoms with Gasteiger partial charge < -0.3 is 14.2 Å². The Bertz CT molecular complexity index is 1310. The maximum atomic E-state index is 13.7. The normalized spacial score (nSPS) is 17.2. The smallest absolute Gasteiger partial charge is 0.475 e. The van der Waals surface area contributed by atoms with Crippen LogP contribution in [0.2, 0.25) is 0 Å². The van der Waals surface area contributed by atoms with Gasteiger partial charge in [0.1, 0.15) is 23.6 Å². The number of rotatable bonds is 17. The Morgan fingerprint density at radius 3 is 1.89 bits per heavy atom. The first-order valence-electron chi connectivity index (χ1n) is 16.4. The molecule has 1 atom stereocenters. The van der Waals surface area contributed by atoms with Gasteiger partial charge in [-0.05, 0) is 121 Å². The molecule has 0 saturated carbocycles. The highest BCUT2D eigenvalue weighted by molar-refractivity contribution is 7.48. The third kappa shape index (κ3) is 12.1. The summed E-state index contributed by atoms with van der Waals surface area (Å²) >= 11 is 0. The van der Waals surface area contributed by atoms with Crippen LogP contribution in [-0.2, 0) is 48.6 Å². The van der Waals surface area contributed by atoms with E-state index in [1.54, 1.807) is 0 Å². The predicted octanol–water partition coefficient (Wildman–Crippen LogP) is 9.10. The number of phosphoric acid groups is 1. The Morgan fingerprint density at radius 2 is 1.40 bits per heavy atom. The summed E-state index contributed by atoms with van der Waals surface area (Å²) in [6, 6.07) is 12.9. The maximum Gasteiger partial charge on any atom is 0.475 e. The van der Waals surface area contributed by atoms with Gasteiger partial charge in [0.2, 0.25) is 0 Å². The van der Waals surface area contributed by atoms with Crippen LogP contribution < -0.4 is 9.47 Å². The van der Waals surface area contributed by atoms with E-state index in [0.717, 1.165) is 43.6 Å². The second-order valence-corrected chi connectivity index (χ2v) is 15.3. The van der Waals surface area contributed by atoms with E-state index >= 15 is 0 Å². The lowest BCUT2D eigenvalue weighted by atomic mass is 9.93. The molecule has 252 valence electrons. The van der Waals surface area contributed by atoms with Crippen molar-refractivity contribution in [1.29, 1.82) is 0 Å². The van der Waals surface area contributed by atoms with Gasteiger partial charge in [-0.3, -0.25) is 13.6 Å². The molecular weight excluding hydrogens is 589 g/mol. The number of nitrogens with zero attached hydrogens (tertiary/aromatic N) is 1. The van der Waals surface area contributed by atoms with Crippen LogP contribution in [0.4, 0.5) is 0 Å². The monoisotopic (exact) mass is 645 g/mol. The van der Waals surface area contributed by atoms with Crippen LogP contribution in [0.1, 0.15) is 104 Å². The maximum absolute atomic E-state index is 13.7. The molecule has 0 N–H and O–H groups in total. The quantitative estimate of drug-likeness (QED) is 0.125. The van der Waals surface area contributed by atoms with Crippen LogP contribution in [0.25, 0.3) is 0 Å². The molecule has 0 amide bonds. The van der Waals surface area contributed by atoms with E-state index in [1.165, 1.54) is 22.3 Å². The molecular formula is C36H56NO7P. The average molecular weight is 646 g/mol. The zero-order valence-corrected chi connectivity index (χ0v) is 30.2. The van der Waals surface area contributed by atoms with Crippen molar-refractivity contribution < 1.29 is 32.3 Å². The van der Waals surface area contributed by atoms with Crippen LogP contribution in [0.15, 0.2) is 41.4 Å². The minimum absolute atomic E-state index is 0.0592. The van der Waals surface area contributed by atoms with Gasteiger partial charge in [0.05, 0.1) is 31.0 Å². The summed E-state index contributed by atoms with van der Waals surface area (Å²) in [5.74, 6) is 2.51. The predicted molar refractivity (Wildman–Crippen MR) is 182 cm³/mol. The van der Waals surface area contributed by atoms with Crippen LogP contribution in [-0.4, -0.2) is 49.1 Å². The first-order valence-corrected chi connectivity index (χ1v) is 17.9. The van der Waals surface area contributed by atoms with E-state index in [4.69, 9.17) is 32.8 Å². The molecule has 9 heteroatoms. The van der Waals surface area contributed by atoms with Crippen LogP contribution >= 0.6 is 7.82 Å². The van der Waals surface area contributed by atoms with Gasteiger partial charge in [-0.2, -0.15) is 0 Å². The third-order valence-corrected chi connectivity index (χ3v) is 9.25. The van der Waals surface area contributed by atoms with Crippen LogP contribution in [0.3, 0.4) is 0 Å². The number of aliphatic imine (C=N–C) groups is 1. The van der Waals surface area contributed by atoms with E-state index in [-0.39, 0.29) is 6.61 Å². The number of phosphoric ester groups is 1. The fraction of sp³-hybridized carbons (Fsp3) is 0.639. The first kappa shape index (κ1) is 37.1. The molecule has 0 bridgehead atoms. The molecule has 8 nitrogen and oxygen atoms in total. The van der Waals surface area contributed by atoms with Crippen molar-refractivity contribution in [3.05, 3.63) is 58.7 Å². The molecule has 0 saturated heterocycles. The van der Waals surface area contributed by atoms with E-state index in [0.29, 0.717) is 32.1 Å². The molecule has 1 aliphatic heterocycles. The molecule has 2 aromatic rings. The molecule has 1 aliphatic rings. The second kappa shape index (κ2) is 15.9. The zero-order valence-electron chi connectivity index (χ0n) is 29.3. The van der Waals surface area contributed by atoms with Crippen LogP contribution in [0.5, 0.6) is 11.5 Å². The SMILES string of the molecule is CCOc1ccc(CCCOc2ccc(CCC3(COP(=O)(OC(C)(C)C)OC(C)(C)C)COC(C)=N3)cc2CC)cc1CC. The molecule has 0 aromatic heterocycles. The lowest BCUT2D eigenvalue weighted by Crippen LogP contribution is -2.36. The summed E-state index contributed by atoms with van der Waals surface area (Å²) < 4.78 is 49.1. The molecule has 0 radical (unpaired) electrons. The summed E-state index contributed by atoms with van der Waals surface area (Å²) in [5, 5.41) is 0. The largest absolute Gasteiger partial charge is 0.494 e. The lowest BCUT2D eigenvalue weighted by molar-refractivity contribution is -0.00466. The van der Waals surface area contributed by atoms with Gasteiger partial charge in [-0.1, -0.05) is 38.1 Å². The van der Waals surface area contributed by atoms with Gasteiger partial charge in [-0.25, -0.2) is 9.56 Å². The highest BCUT2D eigenvalue weighted by atomic mass is 31.2. The first-order chi connectivity index (χ1) is 21.1. The highest BCUT2D eigenvalue weighted by Gasteiger charge is 2.43. The topological polar surface area (TPSA) is 84.8 Å². The number of ether oxygens (including phenoxy) is 3. The fourth-order valence-electron chi connectivity index (χ4n) is 5.25. The van der Waals surface area contributed by atoms with E-state index < -0.39 is 24.6 Å². The number of hydrogen-bond acceptors (Lipinski definition) is 8. The lowest BCUT2D eigenvalue weighted by Gasteiger charge is -2.33. The molecule has 45 heavy (non-hydrogen) atoms.